The second kappa shape index (κ2) is 16.5. The smallest absolute Gasteiger partial charge is 0.328 e. The molecule has 0 spiro atoms. The molecule has 15 heteroatoms. The lowest BCUT2D eigenvalue weighted by molar-refractivity contribution is -0.137. The fourth-order valence-corrected chi connectivity index (χ4v) is 5.24. The maximum atomic E-state index is 13.5. The van der Waals surface area contributed by atoms with Gasteiger partial charge < -0.3 is 35.1 Å². The summed E-state index contributed by atoms with van der Waals surface area (Å²) >= 11 is 0. The molecule has 4 amide bonds. The number of carbonyl (C=O) groups excluding carboxylic acids is 4. The zero-order chi connectivity index (χ0) is 35.7. The zero-order valence-electron chi connectivity index (χ0n) is 28.2. The lowest BCUT2D eigenvalue weighted by atomic mass is 10.0. The van der Waals surface area contributed by atoms with E-state index in [4.69, 9.17) is 14.2 Å². The summed E-state index contributed by atoms with van der Waals surface area (Å²) in [5.41, 5.74) is -0.253. The molecule has 49 heavy (non-hydrogen) atoms. The van der Waals surface area contributed by atoms with Gasteiger partial charge in [0.25, 0.3) is 11.5 Å². The van der Waals surface area contributed by atoms with Gasteiger partial charge in [-0.2, -0.15) is 0 Å². The highest BCUT2D eigenvalue weighted by atomic mass is 16.5. The van der Waals surface area contributed by atoms with Crippen LogP contribution in [0.5, 0.6) is 23.0 Å². The monoisotopic (exact) mass is 678 g/mol. The molecule has 3 aromatic rings. The molecule has 1 aliphatic rings. The van der Waals surface area contributed by atoms with Gasteiger partial charge in [-0.15, -0.1) is 0 Å². The minimum atomic E-state index is -0.953. The number of fused-ring (bicyclic) bond motifs is 3. The lowest BCUT2D eigenvalue weighted by Crippen LogP contribution is -2.52. The fourth-order valence-electron chi connectivity index (χ4n) is 5.24. The van der Waals surface area contributed by atoms with E-state index in [9.17, 15) is 28.8 Å². The van der Waals surface area contributed by atoms with Crippen LogP contribution in [0.4, 0.5) is 0 Å². The summed E-state index contributed by atoms with van der Waals surface area (Å²) in [6.45, 7) is 4.61. The highest BCUT2D eigenvalue weighted by Gasteiger charge is 2.27. The van der Waals surface area contributed by atoms with E-state index in [1.54, 1.807) is 50.2 Å². The minimum absolute atomic E-state index is 0.0300. The third-order valence-corrected chi connectivity index (χ3v) is 7.98. The van der Waals surface area contributed by atoms with Crippen LogP contribution >= 0.6 is 0 Å². The number of aryl methyl sites for hydroxylation is 1. The molecule has 2 aromatic carbocycles. The van der Waals surface area contributed by atoms with Crippen molar-refractivity contribution < 1.29 is 33.4 Å². The van der Waals surface area contributed by atoms with Crippen molar-refractivity contribution in [2.24, 2.45) is 5.92 Å². The van der Waals surface area contributed by atoms with E-state index in [-0.39, 0.29) is 42.8 Å². The minimum Gasteiger partial charge on any atom is -0.496 e. The van der Waals surface area contributed by atoms with Gasteiger partial charge in [-0.05, 0) is 56.0 Å². The number of carbonyl (C=O) groups is 4. The van der Waals surface area contributed by atoms with Crippen molar-refractivity contribution in [3.05, 3.63) is 80.1 Å². The standard InChI is InChI=1S/C34H42N6O9/c1-20(2)30-33(45)36-16-23-24(47-4)9-8-10-25(23)49-27-15-22(11-12-26(27)48-5)32(44)35-13-6-7-14-39(18-28(41)37-30)29(42)19-40-17-21(3)31(43)38-34(40)46/h8-12,15,17,20,30H,6-7,13-14,16,18-19H2,1-5H3,(H,35,44)(H,36,45)(H,37,41)(H,38,43,46)/t30-/m1/s1. The van der Waals surface area contributed by atoms with Crippen molar-refractivity contribution in [1.29, 1.82) is 0 Å². The maximum absolute atomic E-state index is 13.5. The molecule has 262 valence electrons. The number of rotatable bonds is 5. The molecule has 4 N–H and O–H groups in total. The fraction of sp³-hybridized carbons (Fsp3) is 0.412. The first-order valence-electron chi connectivity index (χ1n) is 15.9. The first-order valence-corrected chi connectivity index (χ1v) is 15.9. The molecule has 4 rings (SSSR count). The van der Waals surface area contributed by atoms with Gasteiger partial charge in [0, 0.05) is 30.4 Å². The topological polar surface area (TPSA) is 190 Å². The summed E-state index contributed by atoms with van der Waals surface area (Å²) in [7, 11) is 2.96. The Morgan fingerprint density at radius 3 is 2.45 bits per heavy atom. The first-order chi connectivity index (χ1) is 23.4. The van der Waals surface area contributed by atoms with Crippen LogP contribution in [0.2, 0.25) is 0 Å². The lowest BCUT2D eigenvalue weighted by Gasteiger charge is -2.26. The van der Waals surface area contributed by atoms with E-state index in [0.29, 0.717) is 41.2 Å². The van der Waals surface area contributed by atoms with Crippen LogP contribution in [-0.4, -0.2) is 78.0 Å². The number of H-pyrrole nitrogens is 1. The molecule has 0 unspecified atom stereocenters. The number of nitrogens with zero attached hydrogens (tertiary/aromatic N) is 2. The van der Waals surface area contributed by atoms with Crippen molar-refractivity contribution in [2.75, 3.05) is 33.9 Å². The second-order valence-corrected chi connectivity index (χ2v) is 11.9. The van der Waals surface area contributed by atoms with E-state index in [1.165, 1.54) is 32.2 Å². The molecule has 2 heterocycles. The molecule has 15 nitrogen and oxygen atoms in total. The highest BCUT2D eigenvalue weighted by molar-refractivity contribution is 5.95. The van der Waals surface area contributed by atoms with E-state index in [1.807, 2.05) is 0 Å². The summed E-state index contributed by atoms with van der Waals surface area (Å²) < 4.78 is 18.3. The largest absolute Gasteiger partial charge is 0.496 e. The first kappa shape index (κ1) is 36.2. The summed E-state index contributed by atoms with van der Waals surface area (Å²) in [6.07, 6.45) is 2.14. The number of methoxy groups -OCH3 is 2. The van der Waals surface area contributed by atoms with Gasteiger partial charge in [-0.25, -0.2) is 4.79 Å². The summed E-state index contributed by atoms with van der Waals surface area (Å²) in [6, 6.07) is 8.95. The molecule has 1 aliphatic heterocycles. The summed E-state index contributed by atoms with van der Waals surface area (Å²) in [4.78, 5) is 81.0. The van der Waals surface area contributed by atoms with Gasteiger partial charge in [-0.1, -0.05) is 19.9 Å². The number of benzene rings is 2. The van der Waals surface area contributed by atoms with Crippen LogP contribution in [0.1, 0.15) is 48.2 Å². The van der Waals surface area contributed by atoms with Crippen LogP contribution in [0.3, 0.4) is 0 Å². The van der Waals surface area contributed by atoms with Crippen LogP contribution in [-0.2, 0) is 27.5 Å². The number of aromatic nitrogens is 2. The van der Waals surface area contributed by atoms with Crippen LogP contribution in [0, 0.1) is 12.8 Å². The molecule has 1 aromatic heterocycles. The van der Waals surface area contributed by atoms with Gasteiger partial charge in [0.15, 0.2) is 11.5 Å². The number of hydrogen-bond acceptors (Lipinski definition) is 9. The van der Waals surface area contributed by atoms with E-state index in [2.05, 4.69) is 20.9 Å². The van der Waals surface area contributed by atoms with Crippen molar-refractivity contribution in [3.63, 3.8) is 0 Å². The number of ether oxygens (including phenoxy) is 3. The molecule has 0 fully saturated rings. The van der Waals surface area contributed by atoms with Gasteiger partial charge in [0.2, 0.25) is 17.7 Å². The van der Waals surface area contributed by atoms with Gasteiger partial charge in [-0.3, -0.25) is 33.5 Å². The SMILES string of the molecule is COc1ccc2cc1Oc1cccc(OC)c1CNC(=O)[C@@H](C(C)C)NC(=O)CN(C(=O)Cn1cc(C)c(=O)[nH]c1=O)CCCCNC2=O. The van der Waals surface area contributed by atoms with E-state index >= 15 is 0 Å². The Hall–Kier alpha value is -5.60. The van der Waals surface area contributed by atoms with Gasteiger partial charge in [0.05, 0.1) is 32.9 Å². The number of aromatic amines is 1. The van der Waals surface area contributed by atoms with Crippen molar-refractivity contribution in [2.45, 2.75) is 52.7 Å². The third-order valence-electron chi connectivity index (χ3n) is 7.98. The molecule has 0 radical (unpaired) electrons. The summed E-state index contributed by atoms with van der Waals surface area (Å²) in [5.74, 6) is -0.857. The van der Waals surface area contributed by atoms with Gasteiger partial charge in [0.1, 0.15) is 24.1 Å². The van der Waals surface area contributed by atoms with Crippen molar-refractivity contribution in [1.82, 2.24) is 30.4 Å². The normalized spacial score (nSPS) is 16.4. The van der Waals surface area contributed by atoms with Crippen LogP contribution in [0.15, 0.2) is 52.2 Å². The third kappa shape index (κ3) is 9.27. The van der Waals surface area contributed by atoms with E-state index in [0.717, 1.165) is 4.57 Å². The highest BCUT2D eigenvalue weighted by Crippen LogP contribution is 2.37. The Bertz CT molecular complexity index is 1820. The number of hydrogen-bond donors (Lipinski definition) is 4. The molecule has 0 saturated carbocycles. The van der Waals surface area contributed by atoms with Crippen LogP contribution < -0.4 is 41.4 Å². The molecular formula is C34H42N6O9. The Morgan fingerprint density at radius 2 is 1.73 bits per heavy atom. The van der Waals surface area contributed by atoms with Crippen molar-refractivity contribution >= 4 is 23.6 Å². The molecule has 1 atom stereocenters. The quantitative estimate of drug-likeness (QED) is 0.310. The summed E-state index contributed by atoms with van der Waals surface area (Å²) in [5, 5.41) is 8.46. The van der Waals surface area contributed by atoms with Crippen LogP contribution in [0.25, 0.3) is 0 Å². The Morgan fingerprint density at radius 1 is 0.980 bits per heavy atom. The molecule has 0 saturated heterocycles. The number of amides is 4. The van der Waals surface area contributed by atoms with E-state index < -0.39 is 48.1 Å². The maximum Gasteiger partial charge on any atom is 0.328 e. The Labute approximate surface area is 282 Å². The Balaban J connectivity index is 1.65. The zero-order valence-corrected chi connectivity index (χ0v) is 28.2. The molecular weight excluding hydrogens is 636 g/mol. The number of nitrogens with one attached hydrogen (secondary N) is 4. The average molecular weight is 679 g/mol. The second-order valence-electron chi connectivity index (χ2n) is 11.9. The average Bonchev–Trinajstić information content (AvgIpc) is 3.07. The molecule has 0 aliphatic carbocycles. The van der Waals surface area contributed by atoms with Crippen molar-refractivity contribution in [3.8, 4) is 23.0 Å². The molecule has 2 bridgehead atoms. The predicted molar refractivity (Wildman–Crippen MR) is 179 cm³/mol. The predicted octanol–water partition coefficient (Wildman–Crippen LogP) is 1.46. The Kier molecular flexibility index (Phi) is 12.2. The van der Waals surface area contributed by atoms with Gasteiger partial charge >= 0.3 is 5.69 Å².